The van der Waals surface area contributed by atoms with Crippen LogP contribution >= 0.6 is 0 Å². The Hall–Kier alpha value is -0.550. The van der Waals surface area contributed by atoms with E-state index in [4.69, 9.17) is 5.26 Å². The Labute approximate surface area is 86.7 Å². The van der Waals surface area contributed by atoms with Gasteiger partial charge < -0.3 is 5.32 Å². The van der Waals surface area contributed by atoms with Gasteiger partial charge in [-0.3, -0.25) is 0 Å². The summed E-state index contributed by atoms with van der Waals surface area (Å²) in [5.41, 5.74) is 0. The van der Waals surface area contributed by atoms with E-state index in [1.54, 1.807) is 0 Å². The van der Waals surface area contributed by atoms with Crippen molar-refractivity contribution in [3.05, 3.63) is 0 Å². The van der Waals surface area contributed by atoms with E-state index in [2.05, 4.69) is 11.4 Å². The molecule has 0 heterocycles. The predicted octanol–water partition coefficient (Wildman–Crippen LogP) is 2.46. The predicted molar refractivity (Wildman–Crippen MR) is 56.7 cm³/mol. The quantitative estimate of drug-likeness (QED) is 0.682. The fourth-order valence-electron chi connectivity index (χ4n) is 3.25. The van der Waals surface area contributed by atoms with Gasteiger partial charge in [-0.15, -0.1) is 0 Å². The van der Waals surface area contributed by atoms with Crippen molar-refractivity contribution in [3.63, 3.8) is 0 Å². The maximum atomic E-state index is 8.52. The standard InChI is InChI=1S/C12H20N2/c13-7-8-14-12-6-5-10-3-1-2-4-11(10)9-12/h10-12,14H,1-6,8-9H2. The highest BCUT2D eigenvalue weighted by atomic mass is 14.9. The summed E-state index contributed by atoms with van der Waals surface area (Å²) in [5.74, 6) is 1.98. The van der Waals surface area contributed by atoms with Crippen molar-refractivity contribution in [1.82, 2.24) is 5.32 Å². The molecular formula is C12H20N2. The SMILES string of the molecule is N#CCNC1CCC2CCCCC2C1. The van der Waals surface area contributed by atoms with Gasteiger partial charge in [0, 0.05) is 6.04 Å². The molecule has 0 aromatic carbocycles. The molecule has 1 N–H and O–H groups in total. The van der Waals surface area contributed by atoms with Crippen molar-refractivity contribution in [1.29, 1.82) is 5.26 Å². The highest BCUT2D eigenvalue weighted by molar-refractivity contribution is 4.87. The molecule has 0 saturated heterocycles. The topological polar surface area (TPSA) is 35.8 Å². The Morgan fingerprint density at radius 1 is 1.07 bits per heavy atom. The summed E-state index contributed by atoms with van der Waals surface area (Å²) in [4.78, 5) is 0. The number of fused-ring (bicyclic) bond motifs is 1. The Bertz CT molecular complexity index is 219. The zero-order valence-electron chi connectivity index (χ0n) is 8.84. The van der Waals surface area contributed by atoms with Gasteiger partial charge in [-0.1, -0.05) is 25.7 Å². The van der Waals surface area contributed by atoms with Crippen molar-refractivity contribution in [2.24, 2.45) is 11.8 Å². The Balaban J connectivity index is 1.81. The van der Waals surface area contributed by atoms with Crippen LogP contribution in [0.25, 0.3) is 0 Å². The van der Waals surface area contributed by atoms with Crippen LogP contribution in [0, 0.1) is 23.2 Å². The normalized spacial score (nSPS) is 37.2. The Kier molecular flexibility index (Phi) is 3.42. The highest BCUT2D eigenvalue weighted by Crippen LogP contribution is 2.40. The van der Waals surface area contributed by atoms with E-state index >= 15 is 0 Å². The van der Waals surface area contributed by atoms with Crippen molar-refractivity contribution in [2.45, 2.75) is 51.0 Å². The number of rotatable bonds is 2. The molecule has 3 atom stereocenters. The first-order valence-electron chi connectivity index (χ1n) is 6.00. The second kappa shape index (κ2) is 4.79. The summed E-state index contributed by atoms with van der Waals surface area (Å²) in [5, 5.41) is 11.9. The van der Waals surface area contributed by atoms with Crippen molar-refractivity contribution in [3.8, 4) is 6.07 Å². The Morgan fingerprint density at radius 2 is 1.86 bits per heavy atom. The van der Waals surface area contributed by atoms with Crippen LogP contribution in [0.15, 0.2) is 0 Å². The monoisotopic (exact) mass is 192 g/mol. The number of hydrogen-bond acceptors (Lipinski definition) is 2. The molecule has 2 nitrogen and oxygen atoms in total. The molecule has 2 aliphatic rings. The van der Waals surface area contributed by atoms with Crippen LogP contribution < -0.4 is 5.32 Å². The fourth-order valence-corrected chi connectivity index (χ4v) is 3.25. The maximum Gasteiger partial charge on any atom is 0.0843 e. The zero-order valence-corrected chi connectivity index (χ0v) is 8.84. The molecule has 0 aromatic heterocycles. The number of nitrogens with zero attached hydrogens (tertiary/aromatic N) is 1. The first-order chi connectivity index (χ1) is 6.90. The maximum absolute atomic E-state index is 8.52. The first kappa shape index (κ1) is 9.98. The van der Waals surface area contributed by atoms with Crippen LogP contribution in [0.2, 0.25) is 0 Å². The van der Waals surface area contributed by atoms with Crippen LogP contribution in [0.1, 0.15) is 44.9 Å². The van der Waals surface area contributed by atoms with Crippen LogP contribution in [-0.2, 0) is 0 Å². The summed E-state index contributed by atoms with van der Waals surface area (Å²) < 4.78 is 0. The summed E-state index contributed by atoms with van der Waals surface area (Å²) in [6, 6.07) is 2.81. The molecular weight excluding hydrogens is 172 g/mol. The third kappa shape index (κ3) is 2.27. The molecule has 0 radical (unpaired) electrons. The van der Waals surface area contributed by atoms with Gasteiger partial charge in [-0.2, -0.15) is 5.26 Å². The van der Waals surface area contributed by atoms with Crippen LogP contribution in [0.3, 0.4) is 0 Å². The van der Waals surface area contributed by atoms with Gasteiger partial charge in [0.25, 0.3) is 0 Å². The third-order valence-corrected chi connectivity index (χ3v) is 4.01. The van der Waals surface area contributed by atoms with E-state index in [-0.39, 0.29) is 0 Å². The fraction of sp³-hybridized carbons (Fsp3) is 0.917. The number of nitrogens with one attached hydrogen (secondary N) is 1. The van der Waals surface area contributed by atoms with Crippen molar-refractivity contribution < 1.29 is 0 Å². The lowest BCUT2D eigenvalue weighted by atomic mass is 9.69. The summed E-state index contributed by atoms with van der Waals surface area (Å²) in [6.45, 7) is 0.530. The average Bonchev–Trinajstić information content (AvgIpc) is 2.26. The third-order valence-electron chi connectivity index (χ3n) is 4.01. The number of nitriles is 1. The van der Waals surface area contributed by atoms with E-state index in [1.165, 1.54) is 44.9 Å². The second-order valence-electron chi connectivity index (χ2n) is 4.85. The van der Waals surface area contributed by atoms with Gasteiger partial charge in [0.15, 0.2) is 0 Å². The van der Waals surface area contributed by atoms with E-state index in [9.17, 15) is 0 Å². The molecule has 14 heavy (non-hydrogen) atoms. The minimum absolute atomic E-state index is 0.530. The van der Waals surface area contributed by atoms with Gasteiger partial charge in [0.2, 0.25) is 0 Å². The van der Waals surface area contributed by atoms with E-state index in [0.29, 0.717) is 12.6 Å². The smallest absolute Gasteiger partial charge is 0.0843 e. The largest absolute Gasteiger partial charge is 0.302 e. The van der Waals surface area contributed by atoms with Crippen LogP contribution in [0.4, 0.5) is 0 Å². The van der Waals surface area contributed by atoms with Crippen molar-refractivity contribution >= 4 is 0 Å². The second-order valence-corrected chi connectivity index (χ2v) is 4.85. The van der Waals surface area contributed by atoms with Gasteiger partial charge >= 0.3 is 0 Å². The minimum atomic E-state index is 0.530. The molecule has 0 bridgehead atoms. The molecule has 0 aromatic rings. The van der Waals surface area contributed by atoms with Gasteiger partial charge in [-0.25, -0.2) is 0 Å². The van der Waals surface area contributed by atoms with E-state index in [1.807, 2.05) is 0 Å². The molecule has 0 aliphatic heterocycles. The lowest BCUT2D eigenvalue weighted by Crippen LogP contribution is -2.38. The molecule has 2 aliphatic carbocycles. The summed E-state index contributed by atoms with van der Waals surface area (Å²) >= 11 is 0. The molecule has 2 heteroatoms. The lowest BCUT2D eigenvalue weighted by Gasteiger charge is -2.39. The average molecular weight is 192 g/mol. The number of hydrogen-bond donors (Lipinski definition) is 1. The van der Waals surface area contributed by atoms with Crippen LogP contribution in [-0.4, -0.2) is 12.6 Å². The molecule has 0 spiro atoms. The van der Waals surface area contributed by atoms with Gasteiger partial charge in [0.05, 0.1) is 12.6 Å². The van der Waals surface area contributed by atoms with E-state index in [0.717, 1.165) is 11.8 Å². The lowest BCUT2D eigenvalue weighted by molar-refractivity contribution is 0.145. The molecule has 2 fully saturated rings. The molecule has 78 valence electrons. The molecule has 3 unspecified atom stereocenters. The minimum Gasteiger partial charge on any atom is -0.302 e. The van der Waals surface area contributed by atoms with E-state index < -0.39 is 0 Å². The van der Waals surface area contributed by atoms with Gasteiger partial charge in [0.1, 0.15) is 0 Å². The van der Waals surface area contributed by atoms with Crippen LogP contribution in [0.5, 0.6) is 0 Å². The van der Waals surface area contributed by atoms with Gasteiger partial charge in [-0.05, 0) is 31.1 Å². The highest BCUT2D eigenvalue weighted by Gasteiger charge is 2.31. The summed E-state index contributed by atoms with van der Waals surface area (Å²) in [7, 11) is 0. The molecule has 2 saturated carbocycles. The molecule has 0 amide bonds. The van der Waals surface area contributed by atoms with Crippen molar-refractivity contribution in [2.75, 3.05) is 6.54 Å². The summed E-state index contributed by atoms with van der Waals surface area (Å²) in [6.07, 6.45) is 9.82. The Morgan fingerprint density at radius 3 is 2.64 bits per heavy atom. The zero-order chi connectivity index (χ0) is 9.80. The first-order valence-corrected chi connectivity index (χ1v) is 6.00. The molecule has 2 rings (SSSR count).